The lowest BCUT2D eigenvalue weighted by atomic mass is 9.71. The zero-order valence-corrected chi connectivity index (χ0v) is 10.7. The SMILES string of the molecule is CN(C)CC1C(=O)CC(C)(C)CC1=O.Cl. The number of hydrogen-bond acceptors (Lipinski definition) is 3. The molecule has 0 aliphatic heterocycles. The van der Waals surface area contributed by atoms with E-state index in [0.717, 1.165) is 0 Å². The third kappa shape index (κ3) is 3.92. The van der Waals surface area contributed by atoms with Gasteiger partial charge < -0.3 is 4.90 Å². The van der Waals surface area contributed by atoms with Crippen molar-refractivity contribution >= 4 is 24.0 Å². The van der Waals surface area contributed by atoms with Crippen LogP contribution in [-0.2, 0) is 9.59 Å². The molecule has 0 radical (unpaired) electrons. The normalized spacial score (nSPS) is 21.7. The van der Waals surface area contributed by atoms with Gasteiger partial charge in [-0.25, -0.2) is 0 Å². The second-order valence-corrected chi connectivity index (χ2v) is 5.27. The minimum absolute atomic E-state index is 0. The van der Waals surface area contributed by atoms with Gasteiger partial charge in [-0.05, 0) is 19.5 Å². The van der Waals surface area contributed by atoms with Crippen molar-refractivity contribution in [1.29, 1.82) is 0 Å². The van der Waals surface area contributed by atoms with E-state index in [9.17, 15) is 9.59 Å². The number of nitrogens with zero attached hydrogens (tertiary/aromatic N) is 1. The smallest absolute Gasteiger partial charge is 0.145 e. The predicted octanol–water partition coefficient (Wildman–Crippen LogP) is 1.54. The van der Waals surface area contributed by atoms with E-state index in [0.29, 0.717) is 19.4 Å². The fourth-order valence-electron chi connectivity index (χ4n) is 2.00. The van der Waals surface area contributed by atoms with E-state index in [1.807, 2.05) is 32.8 Å². The lowest BCUT2D eigenvalue weighted by Crippen LogP contribution is -2.42. The highest BCUT2D eigenvalue weighted by Gasteiger charge is 2.39. The summed E-state index contributed by atoms with van der Waals surface area (Å²) >= 11 is 0. The second kappa shape index (κ2) is 5.08. The van der Waals surface area contributed by atoms with Crippen LogP contribution >= 0.6 is 12.4 Å². The van der Waals surface area contributed by atoms with Crippen LogP contribution < -0.4 is 0 Å². The molecular formula is C11H20ClNO2. The summed E-state index contributed by atoms with van der Waals surface area (Å²) in [7, 11) is 3.78. The first-order valence-corrected chi connectivity index (χ1v) is 5.02. The molecule has 1 fully saturated rings. The Hall–Kier alpha value is -0.410. The monoisotopic (exact) mass is 233 g/mol. The summed E-state index contributed by atoms with van der Waals surface area (Å²) in [6, 6.07) is 0. The summed E-state index contributed by atoms with van der Waals surface area (Å²) in [4.78, 5) is 25.3. The maximum absolute atomic E-state index is 11.7. The van der Waals surface area contributed by atoms with Gasteiger partial charge in [-0.1, -0.05) is 13.8 Å². The van der Waals surface area contributed by atoms with Gasteiger partial charge in [0.05, 0.1) is 5.92 Å². The number of rotatable bonds is 2. The van der Waals surface area contributed by atoms with E-state index in [1.54, 1.807) is 0 Å². The van der Waals surface area contributed by atoms with Gasteiger partial charge in [0.2, 0.25) is 0 Å². The van der Waals surface area contributed by atoms with Crippen LogP contribution in [0, 0.1) is 11.3 Å². The highest BCUT2D eigenvalue weighted by Crippen LogP contribution is 2.33. The van der Waals surface area contributed by atoms with Crippen molar-refractivity contribution < 1.29 is 9.59 Å². The van der Waals surface area contributed by atoms with E-state index < -0.39 is 0 Å². The fourth-order valence-corrected chi connectivity index (χ4v) is 2.00. The molecule has 0 amide bonds. The van der Waals surface area contributed by atoms with E-state index in [-0.39, 0.29) is 35.3 Å². The topological polar surface area (TPSA) is 37.4 Å². The van der Waals surface area contributed by atoms with Crippen LogP contribution in [0.5, 0.6) is 0 Å². The highest BCUT2D eigenvalue weighted by molar-refractivity contribution is 6.05. The van der Waals surface area contributed by atoms with Gasteiger partial charge in [-0.2, -0.15) is 0 Å². The van der Waals surface area contributed by atoms with Crippen molar-refractivity contribution in [3.05, 3.63) is 0 Å². The standard InChI is InChI=1S/C11H19NO2.ClH/c1-11(2)5-9(13)8(7-12(3)4)10(14)6-11;/h8H,5-7H2,1-4H3;1H. The van der Waals surface area contributed by atoms with Gasteiger partial charge in [-0.15, -0.1) is 12.4 Å². The van der Waals surface area contributed by atoms with Gasteiger partial charge >= 0.3 is 0 Å². The number of carbonyl (C=O) groups is 2. The molecule has 0 bridgehead atoms. The molecule has 0 heterocycles. The van der Waals surface area contributed by atoms with Crippen molar-refractivity contribution in [3.8, 4) is 0 Å². The molecule has 0 N–H and O–H groups in total. The van der Waals surface area contributed by atoms with Crippen molar-refractivity contribution in [2.75, 3.05) is 20.6 Å². The van der Waals surface area contributed by atoms with E-state index in [2.05, 4.69) is 0 Å². The minimum Gasteiger partial charge on any atom is -0.308 e. The molecule has 0 aromatic rings. The van der Waals surface area contributed by atoms with Crippen LogP contribution in [-0.4, -0.2) is 37.1 Å². The maximum Gasteiger partial charge on any atom is 0.145 e. The number of halogens is 1. The molecular weight excluding hydrogens is 214 g/mol. The number of hydrogen-bond donors (Lipinski definition) is 0. The Morgan fingerprint density at radius 2 is 1.60 bits per heavy atom. The quantitative estimate of drug-likeness (QED) is 0.679. The van der Waals surface area contributed by atoms with Crippen molar-refractivity contribution in [2.45, 2.75) is 26.7 Å². The molecule has 0 spiro atoms. The summed E-state index contributed by atoms with van der Waals surface area (Å²) in [5.74, 6) is -0.155. The first-order chi connectivity index (χ1) is 6.32. The molecule has 0 aromatic heterocycles. The summed E-state index contributed by atoms with van der Waals surface area (Å²) in [5.41, 5.74) is -0.128. The first-order valence-electron chi connectivity index (χ1n) is 5.02. The average molecular weight is 234 g/mol. The number of ketones is 2. The lowest BCUT2D eigenvalue weighted by molar-refractivity contribution is -0.140. The van der Waals surface area contributed by atoms with Crippen LogP contribution in [0.1, 0.15) is 26.7 Å². The summed E-state index contributed by atoms with van der Waals surface area (Å²) in [6.45, 7) is 4.52. The number of carbonyl (C=O) groups excluding carboxylic acids is 2. The van der Waals surface area contributed by atoms with Gasteiger partial charge in [-0.3, -0.25) is 9.59 Å². The molecule has 0 saturated heterocycles. The van der Waals surface area contributed by atoms with Gasteiger partial charge in [0.15, 0.2) is 0 Å². The van der Waals surface area contributed by atoms with Crippen molar-refractivity contribution in [1.82, 2.24) is 4.90 Å². The Bertz CT molecular complexity index is 241. The van der Waals surface area contributed by atoms with Gasteiger partial charge in [0, 0.05) is 19.4 Å². The van der Waals surface area contributed by atoms with Crippen LogP contribution in [0.15, 0.2) is 0 Å². The molecule has 1 aliphatic rings. The molecule has 0 unspecified atom stereocenters. The lowest BCUT2D eigenvalue weighted by Gasteiger charge is -2.32. The minimum atomic E-state index is -0.377. The van der Waals surface area contributed by atoms with Crippen LogP contribution in [0.3, 0.4) is 0 Å². The highest BCUT2D eigenvalue weighted by atomic mass is 35.5. The zero-order valence-electron chi connectivity index (χ0n) is 9.87. The molecule has 0 aromatic carbocycles. The summed E-state index contributed by atoms with van der Waals surface area (Å²) < 4.78 is 0. The first kappa shape index (κ1) is 14.6. The summed E-state index contributed by atoms with van der Waals surface area (Å²) in [5, 5.41) is 0. The molecule has 1 aliphatic carbocycles. The molecule has 3 nitrogen and oxygen atoms in total. The van der Waals surface area contributed by atoms with E-state index >= 15 is 0 Å². The number of Topliss-reactive ketones (excluding diaryl/α,β-unsaturated/α-hetero) is 2. The molecule has 88 valence electrons. The van der Waals surface area contributed by atoms with Crippen molar-refractivity contribution in [2.24, 2.45) is 11.3 Å². The Morgan fingerprint density at radius 3 is 1.93 bits per heavy atom. The third-order valence-electron chi connectivity index (χ3n) is 2.63. The maximum atomic E-state index is 11.7. The fraction of sp³-hybridized carbons (Fsp3) is 0.818. The zero-order chi connectivity index (χ0) is 10.9. The molecule has 15 heavy (non-hydrogen) atoms. The largest absolute Gasteiger partial charge is 0.308 e. The van der Waals surface area contributed by atoms with E-state index in [4.69, 9.17) is 0 Å². The predicted molar refractivity (Wildman–Crippen MR) is 62.3 cm³/mol. The van der Waals surface area contributed by atoms with Gasteiger partial charge in [0.1, 0.15) is 11.6 Å². The van der Waals surface area contributed by atoms with Crippen molar-refractivity contribution in [3.63, 3.8) is 0 Å². The molecule has 1 rings (SSSR count). The molecule has 0 atom stereocenters. The molecule has 4 heteroatoms. The second-order valence-electron chi connectivity index (χ2n) is 5.27. The molecule has 1 saturated carbocycles. The average Bonchev–Trinajstić information content (AvgIpc) is 1.94. The third-order valence-corrected chi connectivity index (χ3v) is 2.63. The summed E-state index contributed by atoms with van der Waals surface area (Å²) in [6.07, 6.45) is 1.08. The Morgan fingerprint density at radius 1 is 1.20 bits per heavy atom. The Kier molecular flexibility index (Phi) is 4.94. The van der Waals surface area contributed by atoms with Crippen LogP contribution in [0.25, 0.3) is 0 Å². The Labute approximate surface area is 97.6 Å². The van der Waals surface area contributed by atoms with Crippen LogP contribution in [0.2, 0.25) is 0 Å². The van der Waals surface area contributed by atoms with Gasteiger partial charge in [0.25, 0.3) is 0 Å². The van der Waals surface area contributed by atoms with Crippen LogP contribution in [0.4, 0.5) is 0 Å². The van der Waals surface area contributed by atoms with E-state index in [1.165, 1.54) is 0 Å². The Balaban J connectivity index is 0.00000196.